The van der Waals surface area contributed by atoms with Crippen LogP contribution in [0.3, 0.4) is 0 Å². The highest BCUT2D eigenvalue weighted by molar-refractivity contribution is 9.10. The van der Waals surface area contributed by atoms with Gasteiger partial charge in [0.15, 0.2) is 15.1 Å². The van der Waals surface area contributed by atoms with Gasteiger partial charge in [0, 0.05) is 17.8 Å². The number of H-pyrrole nitrogens is 1. The third-order valence-corrected chi connectivity index (χ3v) is 9.70. The monoisotopic (exact) mass is 748 g/mol. The Morgan fingerprint density at radius 3 is 2.67 bits per heavy atom. The van der Waals surface area contributed by atoms with Crippen molar-refractivity contribution in [3.8, 4) is 5.75 Å². The molecular formula is C29H26Br2N4O6S2. The molecule has 0 aliphatic carbocycles. The predicted octanol–water partition coefficient (Wildman–Crippen LogP) is 5.25. The lowest BCUT2D eigenvalue weighted by Crippen LogP contribution is -2.40. The van der Waals surface area contributed by atoms with Crippen molar-refractivity contribution in [2.45, 2.75) is 49.9 Å². The van der Waals surface area contributed by atoms with Gasteiger partial charge in [0.05, 0.1) is 44.5 Å². The number of methoxy groups -OCH3 is 1. The van der Waals surface area contributed by atoms with E-state index in [1.165, 1.54) is 22.0 Å². The quantitative estimate of drug-likeness (QED) is 0.182. The van der Waals surface area contributed by atoms with Gasteiger partial charge in [-0.05, 0) is 87.7 Å². The van der Waals surface area contributed by atoms with Gasteiger partial charge in [-0.15, -0.1) is 0 Å². The summed E-state index contributed by atoms with van der Waals surface area (Å²) in [6.45, 7) is 5.67. The maximum Gasteiger partial charge on any atom is 0.338 e. The zero-order valence-electron chi connectivity index (χ0n) is 23.5. The van der Waals surface area contributed by atoms with Crippen molar-refractivity contribution < 1.29 is 18.7 Å². The minimum atomic E-state index is -0.764. The largest absolute Gasteiger partial charge is 0.496 e. The molecule has 3 aromatic heterocycles. The van der Waals surface area contributed by atoms with Gasteiger partial charge in [-0.3, -0.25) is 14.2 Å². The second-order valence-electron chi connectivity index (χ2n) is 9.39. The van der Waals surface area contributed by atoms with Crippen molar-refractivity contribution in [2.24, 2.45) is 4.99 Å². The molecule has 0 saturated heterocycles. The summed E-state index contributed by atoms with van der Waals surface area (Å²) >= 11 is 9.40. The molecule has 10 nitrogen and oxygen atoms in total. The lowest BCUT2D eigenvalue weighted by atomic mass is 9.94. The number of nitrogens with one attached hydrogen (secondary N) is 1. The van der Waals surface area contributed by atoms with Crippen LogP contribution in [0.5, 0.6) is 5.75 Å². The number of thiazole rings is 1. The van der Waals surface area contributed by atoms with E-state index in [0.717, 1.165) is 18.2 Å². The van der Waals surface area contributed by atoms with Crippen LogP contribution in [0.2, 0.25) is 0 Å². The second kappa shape index (κ2) is 13.2. The summed E-state index contributed by atoms with van der Waals surface area (Å²) in [5, 5.41) is 0.843. The van der Waals surface area contributed by atoms with Gasteiger partial charge in [-0.2, -0.15) is 0 Å². The molecule has 224 valence electrons. The van der Waals surface area contributed by atoms with E-state index in [1.807, 2.05) is 19.1 Å². The number of aromatic nitrogens is 3. The summed E-state index contributed by atoms with van der Waals surface area (Å²) in [6.07, 6.45) is 2.92. The highest BCUT2D eigenvalue weighted by Crippen LogP contribution is 2.37. The lowest BCUT2D eigenvalue weighted by Gasteiger charge is -2.26. The Bertz CT molecular complexity index is 1990. The highest BCUT2D eigenvalue weighted by Gasteiger charge is 2.34. The van der Waals surface area contributed by atoms with Gasteiger partial charge in [-0.1, -0.05) is 30.7 Å². The second-order valence-corrected chi connectivity index (χ2v) is 13.1. The number of hydrogen-bond acceptors (Lipinski definition) is 10. The van der Waals surface area contributed by atoms with Crippen LogP contribution in [0.4, 0.5) is 0 Å². The number of esters is 1. The molecule has 0 saturated carbocycles. The van der Waals surface area contributed by atoms with Crippen molar-refractivity contribution in [1.82, 2.24) is 14.5 Å². The Kier molecular flexibility index (Phi) is 9.59. The van der Waals surface area contributed by atoms with Gasteiger partial charge in [-0.25, -0.2) is 14.8 Å². The molecular weight excluding hydrogens is 724 g/mol. The van der Waals surface area contributed by atoms with Crippen molar-refractivity contribution in [1.29, 1.82) is 0 Å². The van der Waals surface area contributed by atoms with Crippen molar-refractivity contribution in [3.63, 3.8) is 0 Å². The average molecular weight is 750 g/mol. The summed E-state index contributed by atoms with van der Waals surface area (Å²) < 4.78 is 20.1. The van der Waals surface area contributed by atoms with Crippen molar-refractivity contribution in [3.05, 3.63) is 97.6 Å². The van der Waals surface area contributed by atoms with E-state index in [0.29, 0.717) is 69.0 Å². The third-order valence-electron chi connectivity index (χ3n) is 6.37. The Labute approximate surface area is 270 Å². The zero-order chi connectivity index (χ0) is 30.8. The van der Waals surface area contributed by atoms with Crippen LogP contribution in [0.25, 0.3) is 6.08 Å². The number of aromatic amines is 1. The van der Waals surface area contributed by atoms with Crippen LogP contribution in [-0.2, 0) is 9.53 Å². The van der Waals surface area contributed by atoms with Crippen LogP contribution in [-0.4, -0.2) is 34.2 Å². The zero-order valence-corrected chi connectivity index (χ0v) is 28.3. The first-order chi connectivity index (χ1) is 20.6. The molecule has 0 spiro atoms. The van der Waals surface area contributed by atoms with Gasteiger partial charge < -0.3 is 18.9 Å². The molecule has 0 amide bonds. The summed E-state index contributed by atoms with van der Waals surface area (Å²) in [5.41, 5.74) is 1.61. The molecule has 4 aromatic rings. The number of nitrogens with zero attached hydrogens (tertiary/aromatic N) is 3. The van der Waals surface area contributed by atoms with Gasteiger partial charge in [0.2, 0.25) is 0 Å². The molecule has 4 heterocycles. The third kappa shape index (κ3) is 6.52. The van der Waals surface area contributed by atoms with E-state index in [-0.39, 0.29) is 17.7 Å². The molecule has 0 unspecified atom stereocenters. The Morgan fingerprint density at radius 1 is 1.21 bits per heavy atom. The van der Waals surface area contributed by atoms with Crippen LogP contribution in [0.15, 0.2) is 79.8 Å². The number of rotatable bonds is 9. The van der Waals surface area contributed by atoms with E-state index in [1.54, 1.807) is 39.2 Å². The fraction of sp³-hybridized carbons (Fsp3) is 0.276. The highest BCUT2D eigenvalue weighted by atomic mass is 79.9. The number of benzene rings is 1. The molecule has 14 heteroatoms. The van der Waals surface area contributed by atoms with Crippen molar-refractivity contribution >= 4 is 67.0 Å². The standard InChI is InChI=1S/C29H26Br2N4O6S2/c1-5-7-19-23(26(38)40-6-2)24(15-8-9-20(39-4)17(30)11-15)35-25(37)21(42-29(35)33-19)13-16-12-18(31)27(41-16)43-28-32-14(3)10-22(36)34-28/h8-13,24H,5-7H2,1-4H3,(H,32,34,36)/b21-13+/t24-/m1/s1. The first-order valence-electron chi connectivity index (χ1n) is 13.2. The van der Waals surface area contributed by atoms with E-state index >= 15 is 0 Å². The summed E-state index contributed by atoms with van der Waals surface area (Å²) in [6, 6.07) is 7.83. The SMILES string of the molecule is CCCC1=C(C(=O)OCC)[C@@H](c2ccc(OC)c(Br)c2)n2c(s/c(=C/c3cc(Br)c(Sc4nc(C)cc(=O)[nH]4)o3)c2=O)=N1. The molecule has 1 N–H and O–H groups in total. The summed E-state index contributed by atoms with van der Waals surface area (Å²) in [7, 11) is 1.57. The summed E-state index contributed by atoms with van der Waals surface area (Å²) in [4.78, 5) is 51.5. The van der Waals surface area contributed by atoms with Crippen LogP contribution >= 0.6 is 55.0 Å². The summed E-state index contributed by atoms with van der Waals surface area (Å²) in [5.74, 6) is 0.519. The molecule has 0 fully saturated rings. The number of carbonyl (C=O) groups excluding carboxylic acids is 1. The van der Waals surface area contributed by atoms with E-state index < -0.39 is 12.0 Å². The smallest absolute Gasteiger partial charge is 0.338 e. The molecule has 5 rings (SSSR count). The maximum atomic E-state index is 14.0. The van der Waals surface area contributed by atoms with Crippen LogP contribution in [0.1, 0.15) is 49.7 Å². The predicted molar refractivity (Wildman–Crippen MR) is 170 cm³/mol. The fourth-order valence-electron chi connectivity index (χ4n) is 4.62. The Hall–Kier alpha value is -3.20. The Morgan fingerprint density at radius 2 is 2.00 bits per heavy atom. The molecule has 1 atom stereocenters. The van der Waals surface area contributed by atoms with E-state index in [4.69, 9.17) is 18.9 Å². The van der Waals surface area contributed by atoms with Crippen LogP contribution < -0.4 is 25.2 Å². The first-order valence-corrected chi connectivity index (χ1v) is 16.5. The maximum absolute atomic E-state index is 14.0. The molecule has 1 aromatic carbocycles. The number of hydrogen-bond donors (Lipinski definition) is 1. The first kappa shape index (κ1) is 31.2. The number of carbonyl (C=O) groups is 1. The van der Waals surface area contributed by atoms with Crippen LogP contribution in [0, 0.1) is 6.92 Å². The average Bonchev–Trinajstić information content (AvgIpc) is 3.45. The van der Waals surface area contributed by atoms with Gasteiger partial charge in [0.25, 0.3) is 11.1 Å². The van der Waals surface area contributed by atoms with Gasteiger partial charge in [0.1, 0.15) is 11.5 Å². The number of halogens is 2. The molecule has 0 bridgehead atoms. The molecule has 1 aliphatic rings. The number of furan rings is 1. The number of fused-ring (bicyclic) bond motifs is 1. The minimum absolute atomic E-state index is 0.185. The minimum Gasteiger partial charge on any atom is -0.496 e. The fourth-order valence-corrected chi connectivity index (χ4v) is 7.53. The number of allylic oxidation sites excluding steroid dienone is 1. The van der Waals surface area contributed by atoms with E-state index in [9.17, 15) is 14.4 Å². The molecule has 0 radical (unpaired) electrons. The number of ether oxygens (including phenoxy) is 2. The topological polar surface area (TPSA) is 129 Å². The normalized spacial score (nSPS) is 14.9. The van der Waals surface area contributed by atoms with Gasteiger partial charge >= 0.3 is 5.97 Å². The molecule has 1 aliphatic heterocycles. The number of aryl methyl sites for hydroxylation is 1. The Balaban J connectivity index is 1.65. The molecule has 43 heavy (non-hydrogen) atoms. The van der Waals surface area contributed by atoms with E-state index in [2.05, 4.69) is 41.8 Å². The van der Waals surface area contributed by atoms with Crippen molar-refractivity contribution in [2.75, 3.05) is 13.7 Å². The lowest BCUT2D eigenvalue weighted by molar-refractivity contribution is -0.139.